The van der Waals surface area contributed by atoms with Gasteiger partial charge in [-0.1, -0.05) is 44.2 Å². The molecule has 1 saturated heterocycles. The number of hydrogen-bond acceptors (Lipinski definition) is 7. The lowest BCUT2D eigenvalue weighted by Crippen LogP contribution is -2.41. The number of amides is 1. The van der Waals surface area contributed by atoms with Crippen LogP contribution in [0.5, 0.6) is 0 Å². The van der Waals surface area contributed by atoms with Gasteiger partial charge in [-0.05, 0) is 74.0 Å². The summed E-state index contributed by atoms with van der Waals surface area (Å²) < 4.78 is 1.07. The van der Waals surface area contributed by atoms with Crippen molar-refractivity contribution < 1.29 is 4.79 Å². The van der Waals surface area contributed by atoms with E-state index in [1.165, 1.54) is 17.0 Å². The van der Waals surface area contributed by atoms with E-state index in [9.17, 15) is 9.59 Å². The monoisotopic (exact) mass is 582 g/mol. The standard InChI is InChI=1S/C33H38N6O2S/c1-7-20(2)26(17-24-19-38(5)14-15-39(24)6)34-28-18-27(36-37-32(28)40)25-13-12-21(3)31(22(25)4)35-33(41)30-16-23-10-8-9-11-29(23)42-30/h8-13,16-18,20H,7,14-15,19H2,1-6H3,(H,35,41)(H,37,40)/b24-17+,34-26?. The number of aromatic amines is 1. The van der Waals surface area contributed by atoms with Gasteiger partial charge < -0.3 is 10.2 Å². The average molecular weight is 583 g/mol. The molecular weight excluding hydrogens is 544 g/mol. The minimum atomic E-state index is -0.338. The zero-order chi connectivity index (χ0) is 30.0. The Morgan fingerprint density at radius 2 is 1.95 bits per heavy atom. The highest BCUT2D eigenvalue weighted by Gasteiger charge is 2.19. The maximum absolute atomic E-state index is 13.3. The molecule has 0 aliphatic carbocycles. The van der Waals surface area contributed by atoms with Crippen LogP contribution in [0.1, 0.15) is 41.1 Å². The fraction of sp³-hybridized carbons (Fsp3) is 0.333. The van der Waals surface area contributed by atoms with E-state index in [1.54, 1.807) is 6.07 Å². The van der Waals surface area contributed by atoms with Gasteiger partial charge >= 0.3 is 0 Å². The van der Waals surface area contributed by atoms with E-state index < -0.39 is 0 Å². The molecule has 0 spiro atoms. The number of nitrogens with one attached hydrogen (secondary N) is 2. The molecule has 3 heterocycles. The molecule has 5 rings (SSSR count). The normalized spacial score (nSPS) is 16.3. The fourth-order valence-electron chi connectivity index (χ4n) is 5.10. The van der Waals surface area contributed by atoms with Crippen molar-refractivity contribution in [3.8, 4) is 11.3 Å². The molecule has 2 N–H and O–H groups in total. The number of allylic oxidation sites excluding steroid dienone is 1. The molecule has 218 valence electrons. The Morgan fingerprint density at radius 1 is 1.17 bits per heavy atom. The third-order valence-electron chi connectivity index (χ3n) is 8.04. The van der Waals surface area contributed by atoms with Crippen molar-refractivity contribution in [3.63, 3.8) is 0 Å². The Hall–Kier alpha value is -4.08. The highest BCUT2D eigenvalue weighted by atomic mass is 32.1. The van der Waals surface area contributed by atoms with E-state index >= 15 is 0 Å². The summed E-state index contributed by atoms with van der Waals surface area (Å²) in [5.41, 5.74) is 5.99. The predicted molar refractivity (Wildman–Crippen MR) is 174 cm³/mol. The molecule has 9 heteroatoms. The topological polar surface area (TPSA) is 93.7 Å². The average Bonchev–Trinajstić information content (AvgIpc) is 3.42. The number of aliphatic imine (C=N–C) groups is 1. The van der Waals surface area contributed by atoms with Gasteiger partial charge in [0.2, 0.25) is 0 Å². The predicted octanol–water partition coefficient (Wildman–Crippen LogP) is 6.40. The Kier molecular flexibility index (Phi) is 8.70. The highest BCUT2D eigenvalue weighted by molar-refractivity contribution is 7.20. The number of aromatic nitrogens is 2. The lowest BCUT2D eigenvalue weighted by molar-refractivity contribution is 0.103. The van der Waals surface area contributed by atoms with Crippen LogP contribution in [0.3, 0.4) is 0 Å². The van der Waals surface area contributed by atoms with Crippen LogP contribution in [0, 0.1) is 19.8 Å². The summed E-state index contributed by atoms with van der Waals surface area (Å²) in [4.78, 5) is 36.3. The summed E-state index contributed by atoms with van der Waals surface area (Å²) in [6.07, 6.45) is 3.03. The van der Waals surface area contributed by atoms with Gasteiger partial charge in [-0.2, -0.15) is 5.10 Å². The number of anilines is 1. The van der Waals surface area contributed by atoms with Gasteiger partial charge in [0.1, 0.15) is 5.69 Å². The number of aryl methyl sites for hydroxylation is 1. The van der Waals surface area contributed by atoms with Crippen molar-refractivity contribution in [2.45, 2.75) is 34.1 Å². The van der Waals surface area contributed by atoms with E-state index in [2.05, 4.69) is 59.3 Å². The number of thiophene rings is 1. The third-order valence-corrected chi connectivity index (χ3v) is 9.16. The van der Waals surface area contributed by atoms with Crippen molar-refractivity contribution in [1.82, 2.24) is 20.0 Å². The fourth-order valence-corrected chi connectivity index (χ4v) is 6.06. The third kappa shape index (κ3) is 6.22. The first kappa shape index (κ1) is 29.4. The molecule has 2 aromatic heterocycles. The summed E-state index contributed by atoms with van der Waals surface area (Å²) in [6.45, 7) is 11.0. The van der Waals surface area contributed by atoms with Crippen LogP contribution in [0.25, 0.3) is 21.3 Å². The molecule has 2 aromatic carbocycles. The number of hydrogen-bond donors (Lipinski definition) is 2. The summed E-state index contributed by atoms with van der Waals surface area (Å²) in [5, 5.41) is 11.2. The second kappa shape index (κ2) is 12.4. The first-order chi connectivity index (χ1) is 20.1. The number of carbonyl (C=O) groups excluding carboxylic acids is 1. The van der Waals surface area contributed by atoms with E-state index in [-0.39, 0.29) is 17.4 Å². The molecule has 0 saturated carbocycles. The summed E-state index contributed by atoms with van der Waals surface area (Å²) in [7, 11) is 4.21. The van der Waals surface area contributed by atoms with Crippen LogP contribution in [-0.2, 0) is 0 Å². The Morgan fingerprint density at radius 3 is 2.71 bits per heavy atom. The van der Waals surface area contributed by atoms with Crippen molar-refractivity contribution in [3.05, 3.63) is 86.7 Å². The quantitative estimate of drug-likeness (QED) is 0.246. The number of benzene rings is 2. The molecular formula is C33H38N6O2S. The summed E-state index contributed by atoms with van der Waals surface area (Å²) >= 11 is 1.47. The number of likely N-dealkylation sites (N-methyl/N-ethyl adjacent to an activating group) is 2. The van der Waals surface area contributed by atoms with Gasteiger partial charge in [0.05, 0.1) is 10.6 Å². The van der Waals surface area contributed by atoms with E-state index in [1.807, 2.05) is 56.3 Å². The SMILES string of the molecule is CCC(C)C(/C=C1\CN(C)CCN1C)=Nc1cc(-c2ccc(C)c(NC(=O)c3cc4ccccc4s3)c2C)n[nH]c1=O. The highest BCUT2D eigenvalue weighted by Crippen LogP contribution is 2.32. The Balaban J connectivity index is 1.50. The van der Waals surface area contributed by atoms with Crippen LogP contribution in [0.2, 0.25) is 0 Å². The molecule has 1 aliphatic rings. The van der Waals surface area contributed by atoms with E-state index in [0.717, 1.165) is 64.2 Å². The van der Waals surface area contributed by atoms with E-state index in [4.69, 9.17) is 4.99 Å². The maximum atomic E-state index is 13.3. The number of rotatable bonds is 7. The maximum Gasteiger partial charge on any atom is 0.290 e. The number of fused-ring (bicyclic) bond motifs is 1. The van der Waals surface area contributed by atoms with E-state index in [0.29, 0.717) is 16.3 Å². The molecule has 1 unspecified atom stereocenters. The Labute approximate surface area is 250 Å². The molecule has 1 amide bonds. The van der Waals surface area contributed by atoms with Crippen LogP contribution in [-0.4, -0.2) is 65.3 Å². The molecule has 1 aliphatic heterocycles. The summed E-state index contributed by atoms with van der Waals surface area (Å²) in [5.74, 6) is 0.0230. The number of piperazine rings is 1. The first-order valence-corrected chi connectivity index (χ1v) is 15.1. The molecule has 1 fully saturated rings. The lowest BCUT2D eigenvalue weighted by Gasteiger charge is -2.34. The molecule has 42 heavy (non-hydrogen) atoms. The number of H-pyrrole nitrogens is 1. The second-order valence-corrected chi connectivity index (χ2v) is 12.2. The van der Waals surface area contributed by atoms with Gasteiger partial charge in [0.15, 0.2) is 0 Å². The first-order valence-electron chi connectivity index (χ1n) is 14.3. The van der Waals surface area contributed by atoms with Crippen molar-refractivity contribution in [1.29, 1.82) is 0 Å². The minimum Gasteiger partial charge on any atom is -0.375 e. The summed E-state index contributed by atoms with van der Waals surface area (Å²) in [6, 6.07) is 15.6. The van der Waals surface area contributed by atoms with Gasteiger partial charge in [-0.15, -0.1) is 11.3 Å². The van der Waals surface area contributed by atoms with Gasteiger partial charge in [0, 0.05) is 54.0 Å². The minimum absolute atomic E-state index is 0.149. The van der Waals surface area contributed by atoms with Crippen LogP contribution in [0.15, 0.2) is 70.1 Å². The van der Waals surface area contributed by atoms with Crippen LogP contribution >= 0.6 is 11.3 Å². The van der Waals surface area contributed by atoms with Crippen LogP contribution in [0.4, 0.5) is 11.4 Å². The van der Waals surface area contributed by atoms with Gasteiger partial charge in [-0.3, -0.25) is 14.5 Å². The molecule has 0 bridgehead atoms. The zero-order valence-corrected chi connectivity index (χ0v) is 25.9. The molecule has 1 atom stereocenters. The Bertz CT molecular complexity index is 1720. The number of carbonyl (C=O) groups is 1. The molecule has 4 aromatic rings. The lowest BCUT2D eigenvalue weighted by atomic mass is 9.99. The van der Waals surface area contributed by atoms with Crippen molar-refractivity contribution in [2.75, 3.05) is 39.0 Å². The number of nitrogens with zero attached hydrogens (tertiary/aromatic N) is 4. The largest absolute Gasteiger partial charge is 0.375 e. The van der Waals surface area contributed by atoms with Crippen molar-refractivity contribution >= 4 is 44.4 Å². The molecule has 8 nitrogen and oxygen atoms in total. The molecule has 0 radical (unpaired) electrons. The smallest absolute Gasteiger partial charge is 0.290 e. The van der Waals surface area contributed by atoms with Crippen LogP contribution < -0.4 is 10.9 Å². The van der Waals surface area contributed by atoms with Crippen molar-refractivity contribution in [2.24, 2.45) is 10.9 Å². The van der Waals surface area contributed by atoms with Gasteiger partial charge in [-0.25, -0.2) is 10.1 Å². The zero-order valence-electron chi connectivity index (χ0n) is 25.1. The second-order valence-electron chi connectivity index (χ2n) is 11.1. The van der Waals surface area contributed by atoms with Gasteiger partial charge in [0.25, 0.3) is 11.5 Å².